The first-order valence-corrected chi connectivity index (χ1v) is 7.35. The van der Waals surface area contributed by atoms with Gasteiger partial charge < -0.3 is 10.2 Å². The molecule has 0 fully saturated rings. The maximum Gasteiger partial charge on any atom is 0.269 e. The molecule has 0 aliphatic carbocycles. The topological polar surface area (TPSA) is 75.5 Å². The zero-order valence-corrected chi connectivity index (χ0v) is 13.2. The van der Waals surface area contributed by atoms with Crippen molar-refractivity contribution in [2.45, 2.75) is 20.4 Å². The lowest BCUT2D eigenvalue weighted by Gasteiger charge is -2.23. The van der Waals surface area contributed by atoms with E-state index in [4.69, 9.17) is 0 Å². The van der Waals surface area contributed by atoms with Crippen LogP contribution >= 0.6 is 0 Å². The fourth-order valence-corrected chi connectivity index (χ4v) is 2.36. The predicted octanol–water partition coefficient (Wildman–Crippen LogP) is 3.58. The van der Waals surface area contributed by atoms with Crippen LogP contribution in [0.1, 0.15) is 19.4 Å². The number of amides is 1. The van der Waals surface area contributed by atoms with E-state index in [0.29, 0.717) is 6.54 Å². The Bertz CT molecular complexity index is 716. The van der Waals surface area contributed by atoms with Crippen molar-refractivity contribution in [3.63, 3.8) is 0 Å². The average Bonchev–Trinajstić information content (AvgIpc) is 2.52. The smallest absolute Gasteiger partial charge is 0.269 e. The Labute approximate surface area is 134 Å². The summed E-state index contributed by atoms with van der Waals surface area (Å²) in [6, 6.07) is 14.2. The van der Waals surface area contributed by atoms with Crippen LogP contribution in [-0.2, 0) is 11.3 Å². The molecule has 0 radical (unpaired) electrons. The molecule has 0 aliphatic heterocycles. The van der Waals surface area contributed by atoms with E-state index in [1.54, 1.807) is 12.1 Å². The van der Waals surface area contributed by atoms with Gasteiger partial charge in [0.15, 0.2) is 0 Å². The first kappa shape index (κ1) is 16.5. The lowest BCUT2D eigenvalue weighted by Crippen LogP contribution is -2.22. The number of nitro benzene ring substituents is 1. The molecule has 0 aromatic heterocycles. The molecule has 0 bridgehead atoms. The Balaban J connectivity index is 2.21. The van der Waals surface area contributed by atoms with E-state index in [9.17, 15) is 14.9 Å². The molecule has 0 heterocycles. The Morgan fingerprint density at radius 1 is 1.22 bits per heavy atom. The molecular weight excluding hydrogens is 294 g/mol. The van der Waals surface area contributed by atoms with Crippen LogP contribution in [0.5, 0.6) is 0 Å². The van der Waals surface area contributed by atoms with Crippen LogP contribution in [0.25, 0.3) is 0 Å². The Morgan fingerprint density at radius 2 is 1.96 bits per heavy atom. The van der Waals surface area contributed by atoms with Crippen molar-refractivity contribution >= 4 is 23.0 Å². The molecule has 120 valence electrons. The minimum atomic E-state index is -0.392. The summed E-state index contributed by atoms with van der Waals surface area (Å²) in [6.45, 7) is 4.78. The molecule has 1 N–H and O–H groups in total. The van der Waals surface area contributed by atoms with E-state index in [1.165, 1.54) is 13.0 Å². The lowest BCUT2D eigenvalue weighted by atomic mass is 10.1. The normalized spacial score (nSPS) is 10.2. The summed E-state index contributed by atoms with van der Waals surface area (Å²) in [4.78, 5) is 23.7. The minimum absolute atomic E-state index is 0.0885. The summed E-state index contributed by atoms with van der Waals surface area (Å²) < 4.78 is 0. The average molecular weight is 313 g/mol. The molecule has 2 aromatic carbocycles. The Kier molecular flexibility index (Phi) is 5.30. The summed E-state index contributed by atoms with van der Waals surface area (Å²) in [7, 11) is 0. The number of rotatable bonds is 6. The van der Waals surface area contributed by atoms with Crippen molar-refractivity contribution in [3.8, 4) is 0 Å². The molecule has 0 aliphatic rings. The number of non-ortho nitro benzene ring substituents is 1. The second-order valence-corrected chi connectivity index (χ2v) is 5.17. The molecule has 0 spiro atoms. The first-order valence-electron chi connectivity index (χ1n) is 7.35. The SMILES string of the molecule is CCN(Cc1cccc([N+](=O)[O-])c1)c1cccc(NC(C)=O)c1. The molecule has 6 heteroatoms. The largest absolute Gasteiger partial charge is 0.367 e. The Morgan fingerprint density at radius 3 is 2.61 bits per heavy atom. The van der Waals surface area contributed by atoms with Crippen LogP contribution < -0.4 is 10.2 Å². The van der Waals surface area contributed by atoms with Gasteiger partial charge in [-0.1, -0.05) is 18.2 Å². The fraction of sp³-hybridized carbons (Fsp3) is 0.235. The number of hydrogen-bond acceptors (Lipinski definition) is 4. The van der Waals surface area contributed by atoms with Crippen molar-refractivity contribution in [2.24, 2.45) is 0 Å². The van der Waals surface area contributed by atoms with E-state index >= 15 is 0 Å². The maximum atomic E-state index is 11.2. The lowest BCUT2D eigenvalue weighted by molar-refractivity contribution is -0.384. The van der Waals surface area contributed by atoms with Crippen molar-refractivity contribution in [1.29, 1.82) is 0 Å². The van der Waals surface area contributed by atoms with Gasteiger partial charge in [0.05, 0.1) is 4.92 Å². The number of carbonyl (C=O) groups is 1. The summed E-state index contributed by atoms with van der Waals surface area (Å²) in [5.41, 5.74) is 2.63. The molecule has 6 nitrogen and oxygen atoms in total. The van der Waals surface area contributed by atoms with Crippen LogP contribution in [0.4, 0.5) is 17.1 Å². The van der Waals surface area contributed by atoms with Crippen molar-refractivity contribution in [1.82, 2.24) is 0 Å². The first-order chi connectivity index (χ1) is 11.0. The quantitative estimate of drug-likeness (QED) is 0.653. The van der Waals surface area contributed by atoms with Crippen molar-refractivity contribution in [2.75, 3.05) is 16.8 Å². The maximum absolute atomic E-state index is 11.2. The third-order valence-electron chi connectivity index (χ3n) is 3.41. The molecule has 0 saturated carbocycles. The van der Waals surface area contributed by atoms with Crippen LogP contribution in [-0.4, -0.2) is 17.4 Å². The van der Waals surface area contributed by atoms with Crippen molar-refractivity contribution < 1.29 is 9.72 Å². The van der Waals surface area contributed by atoms with E-state index in [0.717, 1.165) is 23.5 Å². The highest BCUT2D eigenvalue weighted by atomic mass is 16.6. The van der Waals surface area contributed by atoms with Crippen LogP contribution in [0.2, 0.25) is 0 Å². The minimum Gasteiger partial charge on any atom is -0.367 e. The van der Waals surface area contributed by atoms with Gasteiger partial charge in [-0.2, -0.15) is 0 Å². The number of nitrogens with zero attached hydrogens (tertiary/aromatic N) is 2. The Hall–Kier alpha value is -2.89. The molecule has 0 saturated heterocycles. The molecule has 23 heavy (non-hydrogen) atoms. The summed E-state index contributed by atoms with van der Waals surface area (Å²) in [5, 5.41) is 13.6. The second kappa shape index (κ2) is 7.40. The molecule has 0 atom stereocenters. The number of hydrogen-bond donors (Lipinski definition) is 1. The number of carbonyl (C=O) groups excluding carboxylic acids is 1. The molecule has 0 unspecified atom stereocenters. The zero-order chi connectivity index (χ0) is 16.8. The molecule has 1 amide bonds. The van der Waals surface area contributed by atoms with Gasteiger partial charge in [0.1, 0.15) is 0 Å². The summed E-state index contributed by atoms with van der Waals surface area (Å²) in [5.74, 6) is -0.121. The van der Waals surface area contributed by atoms with Crippen molar-refractivity contribution in [3.05, 3.63) is 64.2 Å². The zero-order valence-electron chi connectivity index (χ0n) is 13.2. The van der Waals surface area contributed by atoms with Crippen LogP contribution in [0, 0.1) is 10.1 Å². The van der Waals surface area contributed by atoms with E-state index in [-0.39, 0.29) is 11.6 Å². The highest BCUT2D eigenvalue weighted by Crippen LogP contribution is 2.22. The predicted molar refractivity (Wildman–Crippen MR) is 90.6 cm³/mol. The number of nitro groups is 1. The second-order valence-electron chi connectivity index (χ2n) is 5.17. The van der Waals surface area contributed by atoms with Gasteiger partial charge in [-0.15, -0.1) is 0 Å². The highest BCUT2D eigenvalue weighted by molar-refractivity contribution is 5.89. The van der Waals surface area contributed by atoms with Gasteiger partial charge in [-0.25, -0.2) is 0 Å². The highest BCUT2D eigenvalue weighted by Gasteiger charge is 2.10. The van der Waals surface area contributed by atoms with E-state index in [1.807, 2.05) is 37.3 Å². The number of benzene rings is 2. The number of anilines is 2. The third kappa shape index (κ3) is 4.54. The van der Waals surface area contributed by atoms with Crippen LogP contribution in [0.3, 0.4) is 0 Å². The monoisotopic (exact) mass is 313 g/mol. The summed E-state index contributed by atoms with van der Waals surface area (Å²) >= 11 is 0. The van der Waals surface area contributed by atoms with Gasteiger partial charge in [0.25, 0.3) is 5.69 Å². The standard InChI is InChI=1S/C17H19N3O3/c1-3-19(12-14-6-4-9-17(10-14)20(22)23)16-8-5-7-15(11-16)18-13(2)21/h4-11H,3,12H2,1-2H3,(H,18,21). The van der Waals surface area contributed by atoms with Gasteiger partial charge in [-0.05, 0) is 30.7 Å². The van der Waals surface area contributed by atoms with Gasteiger partial charge in [0, 0.05) is 43.5 Å². The number of nitrogens with one attached hydrogen (secondary N) is 1. The fourth-order valence-electron chi connectivity index (χ4n) is 2.36. The van der Waals surface area contributed by atoms with E-state index < -0.39 is 4.92 Å². The van der Waals surface area contributed by atoms with Gasteiger partial charge in [0.2, 0.25) is 5.91 Å². The molecule has 2 rings (SSSR count). The van der Waals surface area contributed by atoms with E-state index in [2.05, 4.69) is 10.2 Å². The third-order valence-corrected chi connectivity index (χ3v) is 3.41. The molecule has 2 aromatic rings. The van der Waals surface area contributed by atoms with Gasteiger partial charge in [-0.3, -0.25) is 14.9 Å². The van der Waals surface area contributed by atoms with Crippen LogP contribution in [0.15, 0.2) is 48.5 Å². The van der Waals surface area contributed by atoms with Gasteiger partial charge >= 0.3 is 0 Å². The summed E-state index contributed by atoms with van der Waals surface area (Å²) in [6.07, 6.45) is 0. The molecular formula is C17H19N3O3.